The number of fused-ring (bicyclic) bond motifs is 13. The lowest BCUT2D eigenvalue weighted by Crippen LogP contribution is -2.15. The average molecular weight is 723 g/mol. The van der Waals surface area contributed by atoms with Gasteiger partial charge in [0.15, 0.2) is 0 Å². The van der Waals surface area contributed by atoms with Crippen molar-refractivity contribution in [3.8, 4) is 44.5 Å². The molecule has 11 aromatic rings. The van der Waals surface area contributed by atoms with Crippen molar-refractivity contribution in [1.82, 2.24) is 0 Å². The van der Waals surface area contributed by atoms with Crippen molar-refractivity contribution in [2.24, 2.45) is 0 Å². The molecule has 0 saturated carbocycles. The molecule has 1 aliphatic rings. The number of hydrogen-bond donors (Lipinski definition) is 0. The van der Waals surface area contributed by atoms with Gasteiger partial charge in [0.1, 0.15) is 0 Å². The Hall–Kier alpha value is -7.02. The molecule has 0 amide bonds. The van der Waals surface area contributed by atoms with Gasteiger partial charge in [0.05, 0.1) is 0 Å². The Morgan fingerprint density at radius 3 is 1.42 bits per heavy atom. The molecule has 0 bridgehead atoms. The first-order valence-electron chi connectivity index (χ1n) is 20.1. The molecule has 0 atom stereocenters. The Morgan fingerprint density at radius 1 is 0.281 bits per heavy atom. The van der Waals surface area contributed by atoms with Crippen LogP contribution in [0.2, 0.25) is 0 Å². The van der Waals surface area contributed by atoms with E-state index in [4.69, 9.17) is 0 Å². The summed E-state index contributed by atoms with van der Waals surface area (Å²) in [6, 6.07) is 72.6. The van der Waals surface area contributed by atoms with Crippen LogP contribution in [0.1, 0.15) is 25.0 Å². The molecule has 0 radical (unpaired) electrons. The maximum atomic E-state index is 2.44. The average Bonchev–Trinajstić information content (AvgIpc) is 3.52. The summed E-state index contributed by atoms with van der Waals surface area (Å²) in [5.41, 5.74) is 13.0. The third-order valence-corrected chi connectivity index (χ3v) is 13.0. The quantitative estimate of drug-likeness (QED) is 0.126. The van der Waals surface area contributed by atoms with Gasteiger partial charge in [-0.2, -0.15) is 0 Å². The normalized spacial score (nSPS) is 13.2. The lowest BCUT2D eigenvalue weighted by molar-refractivity contribution is 0.666. The Morgan fingerprint density at radius 2 is 0.754 bits per heavy atom. The van der Waals surface area contributed by atoms with Gasteiger partial charge in [0.25, 0.3) is 0 Å². The highest BCUT2D eigenvalue weighted by Gasteiger charge is 2.39. The first kappa shape index (κ1) is 32.2. The van der Waals surface area contributed by atoms with E-state index in [1.54, 1.807) is 0 Å². The lowest BCUT2D eigenvalue weighted by atomic mass is 9.79. The van der Waals surface area contributed by atoms with Crippen LogP contribution in [0.25, 0.3) is 109 Å². The van der Waals surface area contributed by atoms with E-state index >= 15 is 0 Å². The highest BCUT2D eigenvalue weighted by Crippen LogP contribution is 2.57. The fourth-order valence-corrected chi connectivity index (χ4v) is 10.5. The molecule has 0 fully saturated rings. The minimum Gasteiger partial charge on any atom is -0.0616 e. The van der Waals surface area contributed by atoms with Gasteiger partial charge in [-0.3, -0.25) is 0 Å². The summed E-state index contributed by atoms with van der Waals surface area (Å²) in [4.78, 5) is 0. The molecule has 266 valence electrons. The van der Waals surface area contributed by atoms with Crippen LogP contribution in [0.15, 0.2) is 194 Å². The first-order valence-corrected chi connectivity index (χ1v) is 20.1. The topological polar surface area (TPSA) is 0 Å². The van der Waals surface area contributed by atoms with E-state index in [1.807, 2.05) is 0 Å². The largest absolute Gasteiger partial charge is 0.0616 e. The molecule has 0 nitrogen and oxygen atoms in total. The maximum Gasteiger partial charge on any atom is 0.0165 e. The van der Waals surface area contributed by atoms with Crippen LogP contribution in [-0.2, 0) is 5.41 Å². The Bertz CT molecular complexity index is 3430. The standard InChI is InChI=1S/C57H38/c1-57(2)51-28-14-27-42(54(51)55-45-21-7-5-19-43(45)44-20-6-12-26-50(44)56(55)57)36-16-13-17-38(33-36)52-46-22-8-10-24-48(46)53(49-25-11-9-23-47(49)52)39-31-32-41-37(34-39)30-29-35-15-3-4-18-40(35)41/h3-34H,1-2H3. The predicted molar refractivity (Wildman–Crippen MR) is 245 cm³/mol. The summed E-state index contributed by atoms with van der Waals surface area (Å²) < 4.78 is 0. The number of benzene rings is 11. The minimum atomic E-state index is -0.153. The molecule has 0 heteroatoms. The predicted octanol–water partition coefficient (Wildman–Crippen LogP) is 15.9. The van der Waals surface area contributed by atoms with Gasteiger partial charge >= 0.3 is 0 Å². The van der Waals surface area contributed by atoms with Gasteiger partial charge in [-0.15, -0.1) is 0 Å². The second-order valence-electron chi connectivity index (χ2n) is 16.3. The van der Waals surface area contributed by atoms with Crippen LogP contribution < -0.4 is 0 Å². The third-order valence-electron chi connectivity index (χ3n) is 13.0. The summed E-state index contributed by atoms with van der Waals surface area (Å²) in [7, 11) is 0. The molecular formula is C57H38. The molecule has 0 saturated heterocycles. The molecule has 0 spiro atoms. The van der Waals surface area contributed by atoms with Gasteiger partial charge in [0.2, 0.25) is 0 Å². The fraction of sp³-hybridized carbons (Fsp3) is 0.0526. The van der Waals surface area contributed by atoms with Crippen molar-refractivity contribution in [1.29, 1.82) is 0 Å². The Balaban J connectivity index is 1.09. The van der Waals surface area contributed by atoms with Crippen molar-refractivity contribution >= 4 is 64.6 Å². The van der Waals surface area contributed by atoms with Gasteiger partial charge in [-0.25, -0.2) is 0 Å². The zero-order valence-corrected chi connectivity index (χ0v) is 32.0. The number of hydrogen-bond acceptors (Lipinski definition) is 0. The summed E-state index contributed by atoms with van der Waals surface area (Å²) in [6.07, 6.45) is 0. The molecule has 0 unspecified atom stereocenters. The SMILES string of the molecule is CC1(C)c2cccc(-c3cccc(-c4c5ccccc5c(-c5ccc6c(ccc7ccccc76)c5)c5ccccc45)c3)c2-c2c1c1ccccc1c1ccccc21. The van der Waals surface area contributed by atoms with Crippen molar-refractivity contribution in [3.05, 3.63) is 205 Å². The van der Waals surface area contributed by atoms with Crippen LogP contribution in [0.4, 0.5) is 0 Å². The van der Waals surface area contributed by atoms with Crippen molar-refractivity contribution in [3.63, 3.8) is 0 Å². The minimum absolute atomic E-state index is 0.153. The molecule has 0 aliphatic heterocycles. The maximum absolute atomic E-state index is 2.44. The van der Waals surface area contributed by atoms with E-state index in [1.165, 1.54) is 120 Å². The third kappa shape index (κ3) is 4.56. The molecule has 0 N–H and O–H groups in total. The summed E-state index contributed by atoms with van der Waals surface area (Å²) >= 11 is 0. The van der Waals surface area contributed by atoms with Crippen LogP contribution >= 0.6 is 0 Å². The lowest BCUT2D eigenvalue weighted by Gasteiger charge is -2.24. The van der Waals surface area contributed by atoms with Crippen LogP contribution in [0.5, 0.6) is 0 Å². The molecule has 1 aliphatic carbocycles. The highest BCUT2D eigenvalue weighted by molar-refractivity contribution is 6.23. The fourth-order valence-electron chi connectivity index (χ4n) is 10.5. The first-order chi connectivity index (χ1) is 28.1. The van der Waals surface area contributed by atoms with Crippen LogP contribution in [-0.4, -0.2) is 0 Å². The van der Waals surface area contributed by atoms with Crippen molar-refractivity contribution in [2.75, 3.05) is 0 Å². The van der Waals surface area contributed by atoms with Gasteiger partial charge in [-0.1, -0.05) is 196 Å². The van der Waals surface area contributed by atoms with E-state index in [2.05, 4.69) is 208 Å². The zero-order valence-electron chi connectivity index (χ0n) is 32.0. The molecule has 12 rings (SSSR count). The molecule has 0 aromatic heterocycles. The van der Waals surface area contributed by atoms with Gasteiger partial charge in [0, 0.05) is 5.41 Å². The zero-order chi connectivity index (χ0) is 37.8. The summed E-state index contributed by atoms with van der Waals surface area (Å²) in [5, 5.41) is 15.5. The molecular weight excluding hydrogens is 685 g/mol. The van der Waals surface area contributed by atoms with E-state index in [0.29, 0.717) is 0 Å². The molecule has 11 aromatic carbocycles. The van der Waals surface area contributed by atoms with E-state index < -0.39 is 0 Å². The summed E-state index contributed by atoms with van der Waals surface area (Å²) in [6.45, 7) is 4.83. The Kier molecular flexibility index (Phi) is 6.78. The Labute approximate surface area is 332 Å². The monoisotopic (exact) mass is 722 g/mol. The second-order valence-corrected chi connectivity index (χ2v) is 16.3. The van der Waals surface area contributed by atoms with Gasteiger partial charge < -0.3 is 0 Å². The van der Waals surface area contributed by atoms with Crippen LogP contribution in [0, 0.1) is 0 Å². The number of rotatable bonds is 3. The smallest absolute Gasteiger partial charge is 0.0165 e. The van der Waals surface area contributed by atoms with E-state index in [0.717, 1.165) is 0 Å². The van der Waals surface area contributed by atoms with E-state index in [-0.39, 0.29) is 5.41 Å². The highest BCUT2D eigenvalue weighted by atomic mass is 14.4. The van der Waals surface area contributed by atoms with E-state index in [9.17, 15) is 0 Å². The summed E-state index contributed by atoms with van der Waals surface area (Å²) in [5.74, 6) is 0. The van der Waals surface area contributed by atoms with Crippen molar-refractivity contribution in [2.45, 2.75) is 19.3 Å². The molecule has 57 heavy (non-hydrogen) atoms. The van der Waals surface area contributed by atoms with Crippen molar-refractivity contribution < 1.29 is 0 Å². The second kappa shape index (κ2) is 12.0. The van der Waals surface area contributed by atoms with Gasteiger partial charge in [-0.05, 0) is 132 Å². The molecule has 0 heterocycles. The van der Waals surface area contributed by atoms with Crippen LogP contribution in [0.3, 0.4) is 0 Å².